The van der Waals surface area contributed by atoms with Gasteiger partial charge < -0.3 is 5.73 Å². The van der Waals surface area contributed by atoms with E-state index in [2.05, 4.69) is 0 Å². The molecule has 0 spiro atoms. The van der Waals surface area contributed by atoms with Gasteiger partial charge in [0.15, 0.2) is 0 Å². The van der Waals surface area contributed by atoms with E-state index in [1.165, 1.54) is 0 Å². The predicted molar refractivity (Wildman–Crippen MR) is 65.5 cm³/mol. The van der Waals surface area contributed by atoms with Crippen molar-refractivity contribution in [1.82, 2.24) is 0 Å². The summed E-state index contributed by atoms with van der Waals surface area (Å²) in [7, 11) is 0. The average Bonchev–Trinajstić information content (AvgIpc) is 2.20. The maximum atomic E-state index is 13.7. The topological polar surface area (TPSA) is 26.0 Å². The smallest absolute Gasteiger partial charge is 0.324 e. The molecule has 0 unspecified atom stereocenters. The Balaban J connectivity index is 0.00000289. The standard InChI is InChI=1S/C11H12ClF4N.ClH/c1-2-3-8(17)9-6(11(14,15)16)4-5-7(12)10(9)13;/h4-5,8H,2-3,17H2,1H3;1H/t8-;/m0./s1. The van der Waals surface area contributed by atoms with Crippen LogP contribution in [0, 0.1) is 5.82 Å². The van der Waals surface area contributed by atoms with Crippen LogP contribution >= 0.6 is 24.0 Å². The van der Waals surface area contributed by atoms with Crippen LogP contribution in [0.25, 0.3) is 0 Å². The zero-order valence-electron chi connectivity index (χ0n) is 9.52. The summed E-state index contributed by atoms with van der Waals surface area (Å²) in [4.78, 5) is 0. The summed E-state index contributed by atoms with van der Waals surface area (Å²) in [6, 6.07) is 0.647. The lowest BCUT2D eigenvalue weighted by atomic mass is 9.96. The van der Waals surface area contributed by atoms with E-state index in [0.717, 1.165) is 12.1 Å². The molecule has 0 saturated carbocycles. The molecule has 0 fully saturated rings. The quantitative estimate of drug-likeness (QED) is 0.803. The van der Waals surface area contributed by atoms with Crippen molar-refractivity contribution in [2.45, 2.75) is 32.0 Å². The maximum absolute atomic E-state index is 13.7. The normalized spacial score (nSPS) is 13.1. The molecule has 7 heteroatoms. The average molecular weight is 306 g/mol. The lowest BCUT2D eigenvalue weighted by Gasteiger charge is -2.19. The molecule has 18 heavy (non-hydrogen) atoms. The van der Waals surface area contributed by atoms with Crippen LogP contribution in [-0.4, -0.2) is 0 Å². The number of hydrogen-bond donors (Lipinski definition) is 1. The second-order valence-corrected chi connectivity index (χ2v) is 4.12. The minimum atomic E-state index is -4.63. The Kier molecular flexibility index (Phi) is 6.40. The van der Waals surface area contributed by atoms with Gasteiger partial charge in [-0.3, -0.25) is 0 Å². The molecule has 1 nitrogen and oxygen atoms in total. The van der Waals surface area contributed by atoms with Gasteiger partial charge in [0.05, 0.1) is 10.6 Å². The number of alkyl halides is 3. The van der Waals surface area contributed by atoms with Gasteiger partial charge in [-0.2, -0.15) is 13.2 Å². The first kappa shape index (κ1) is 17.5. The minimum Gasteiger partial charge on any atom is -0.324 e. The maximum Gasteiger partial charge on any atom is 0.416 e. The largest absolute Gasteiger partial charge is 0.416 e. The third-order valence-corrected chi connectivity index (χ3v) is 2.70. The summed E-state index contributed by atoms with van der Waals surface area (Å²) < 4.78 is 51.7. The molecular formula is C11H13Cl2F4N. The molecule has 0 aromatic heterocycles. The Morgan fingerprint density at radius 3 is 2.33 bits per heavy atom. The van der Waals surface area contributed by atoms with Crippen molar-refractivity contribution in [3.05, 3.63) is 34.1 Å². The van der Waals surface area contributed by atoms with Crippen molar-refractivity contribution in [2.75, 3.05) is 0 Å². The van der Waals surface area contributed by atoms with Crippen LogP contribution in [0.2, 0.25) is 5.02 Å². The summed E-state index contributed by atoms with van der Waals surface area (Å²) in [5, 5.41) is -0.348. The summed E-state index contributed by atoms with van der Waals surface area (Å²) in [5.41, 5.74) is 3.97. The minimum absolute atomic E-state index is 0. The Morgan fingerprint density at radius 2 is 1.89 bits per heavy atom. The number of nitrogens with two attached hydrogens (primary N) is 1. The molecule has 0 heterocycles. The van der Waals surface area contributed by atoms with E-state index in [9.17, 15) is 17.6 Å². The monoisotopic (exact) mass is 305 g/mol. The van der Waals surface area contributed by atoms with Gasteiger partial charge in [0.1, 0.15) is 5.82 Å². The van der Waals surface area contributed by atoms with Crippen LogP contribution in [0.3, 0.4) is 0 Å². The van der Waals surface area contributed by atoms with Crippen molar-refractivity contribution >= 4 is 24.0 Å². The zero-order valence-corrected chi connectivity index (χ0v) is 11.1. The lowest BCUT2D eigenvalue weighted by molar-refractivity contribution is -0.138. The highest BCUT2D eigenvalue weighted by atomic mass is 35.5. The highest BCUT2D eigenvalue weighted by Crippen LogP contribution is 2.38. The van der Waals surface area contributed by atoms with Crippen LogP contribution in [0.4, 0.5) is 17.6 Å². The fourth-order valence-electron chi connectivity index (χ4n) is 1.63. The molecule has 1 aromatic carbocycles. The molecule has 0 aliphatic heterocycles. The molecular weight excluding hydrogens is 293 g/mol. The van der Waals surface area contributed by atoms with Gasteiger partial charge in [0.25, 0.3) is 0 Å². The van der Waals surface area contributed by atoms with Crippen molar-refractivity contribution < 1.29 is 17.6 Å². The van der Waals surface area contributed by atoms with Crippen molar-refractivity contribution in [3.63, 3.8) is 0 Å². The number of benzene rings is 1. The van der Waals surface area contributed by atoms with Crippen LogP contribution in [0.15, 0.2) is 12.1 Å². The molecule has 0 aliphatic rings. The fourth-order valence-corrected chi connectivity index (χ4v) is 1.80. The van der Waals surface area contributed by atoms with Gasteiger partial charge in [-0.1, -0.05) is 24.9 Å². The van der Waals surface area contributed by atoms with E-state index < -0.39 is 29.2 Å². The van der Waals surface area contributed by atoms with E-state index in [1.54, 1.807) is 6.92 Å². The molecule has 0 saturated heterocycles. The van der Waals surface area contributed by atoms with Crippen LogP contribution in [0.1, 0.15) is 36.9 Å². The molecule has 0 amide bonds. The van der Waals surface area contributed by atoms with Crippen LogP contribution in [0.5, 0.6) is 0 Å². The molecule has 1 aromatic rings. The highest BCUT2D eigenvalue weighted by molar-refractivity contribution is 6.30. The predicted octanol–water partition coefficient (Wildman–Crippen LogP) is 4.72. The second-order valence-electron chi connectivity index (χ2n) is 3.72. The number of halogens is 6. The third kappa shape index (κ3) is 3.73. The Labute approximate surface area is 114 Å². The van der Waals surface area contributed by atoms with Gasteiger partial charge in [-0.25, -0.2) is 4.39 Å². The summed E-state index contributed by atoms with van der Waals surface area (Å²) in [6.07, 6.45) is -3.81. The number of rotatable bonds is 3. The van der Waals surface area contributed by atoms with E-state index in [-0.39, 0.29) is 23.9 Å². The first-order valence-electron chi connectivity index (χ1n) is 5.09. The summed E-state index contributed by atoms with van der Waals surface area (Å²) in [6.45, 7) is 1.76. The second kappa shape index (κ2) is 6.59. The first-order chi connectivity index (χ1) is 7.79. The highest BCUT2D eigenvalue weighted by Gasteiger charge is 2.36. The van der Waals surface area contributed by atoms with Crippen molar-refractivity contribution in [1.29, 1.82) is 0 Å². The van der Waals surface area contributed by atoms with E-state index >= 15 is 0 Å². The lowest BCUT2D eigenvalue weighted by Crippen LogP contribution is -2.19. The van der Waals surface area contributed by atoms with E-state index in [1.807, 2.05) is 0 Å². The molecule has 0 aliphatic carbocycles. The first-order valence-corrected chi connectivity index (χ1v) is 5.47. The molecule has 1 atom stereocenters. The van der Waals surface area contributed by atoms with Crippen molar-refractivity contribution in [2.24, 2.45) is 5.73 Å². The van der Waals surface area contributed by atoms with Gasteiger partial charge in [-0.05, 0) is 18.6 Å². The van der Waals surface area contributed by atoms with Crippen molar-refractivity contribution in [3.8, 4) is 0 Å². The van der Waals surface area contributed by atoms with Gasteiger partial charge >= 0.3 is 6.18 Å². The van der Waals surface area contributed by atoms with Crippen LogP contribution < -0.4 is 5.73 Å². The molecule has 1 rings (SSSR count). The fraction of sp³-hybridized carbons (Fsp3) is 0.455. The van der Waals surface area contributed by atoms with Gasteiger partial charge in [0.2, 0.25) is 0 Å². The van der Waals surface area contributed by atoms with Gasteiger partial charge in [-0.15, -0.1) is 12.4 Å². The SMILES string of the molecule is CCC[C@H](N)c1c(C(F)(F)F)ccc(Cl)c1F.Cl. The molecule has 0 radical (unpaired) electrons. The summed E-state index contributed by atoms with van der Waals surface area (Å²) >= 11 is 5.48. The molecule has 2 N–H and O–H groups in total. The third-order valence-electron chi connectivity index (χ3n) is 2.41. The zero-order chi connectivity index (χ0) is 13.2. The Bertz CT molecular complexity index is 407. The molecule has 104 valence electrons. The van der Waals surface area contributed by atoms with E-state index in [0.29, 0.717) is 6.42 Å². The number of hydrogen-bond acceptors (Lipinski definition) is 1. The van der Waals surface area contributed by atoms with Gasteiger partial charge in [0, 0.05) is 11.6 Å². The Hall–Kier alpha value is -0.520. The Morgan fingerprint density at radius 1 is 1.33 bits per heavy atom. The summed E-state index contributed by atoms with van der Waals surface area (Å²) in [5.74, 6) is -1.08. The van der Waals surface area contributed by atoms with Crippen LogP contribution in [-0.2, 0) is 6.18 Å². The molecule has 0 bridgehead atoms. The van der Waals surface area contributed by atoms with E-state index in [4.69, 9.17) is 17.3 Å².